The van der Waals surface area contributed by atoms with E-state index < -0.39 is 0 Å². The fraction of sp³-hybridized carbons (Fsp3) is 0.417. The van der Waals surface area contributed by atoms with Gasteiger partial charge in [-0.05, 0) is 44.2 Å². The Bertz CT molecular complexity index is 849. The van der Waals surface area contributed by atoms with Gasteiger partial charge in [0.15, 0.2) is 0 Å². The standard InChI is InChI=1S/C24H30N2O4/c1-17-4-7-19(8-5-17)24(28)26-12-10-18(11-13-26)6-9-23(27)25-20-14-21(29-2)16-22(15-20)30-3/h4-5,7-8,14-16,18H,6,9-13H2,1-3H3,(H,25,27). The number of anilines is 1. The molecule has 2 amide bonds. The number of ether oxygens (including phenoxy) is 2. The molecule has 1 aliphatic heterocycles. The molecule has 3 rings (SSSR count). The van der Waals surface area contributed by atoms with Gasteiger partial charge in [-0.25, -0.2) is 0 Å². The summed E-state index contributed by atoms with van der Waals surface area (Å²) in [6, 6.07) is 13.0. The van der Waals surface area contributed by atoms with E-state index in [1.165, 1.54) is 0 Å². The average Bonchev–Trinajstić information content (AvgIpc) is 2.77. The minimum Gasteiger partial charge on any atom is -0.497 e. The molecular formula is C24H30N2O4. The summed E-state index contributed by atoms with van der Waals surface area (Å²) in [4.78, 5) is 26.9. The number of nitrogens with one attached hydrogen (secondary N) is 1. The zero-order chi connectivity index (χ0) is 21.5. The fourth-order valence-electron chi connectivity index (χ4n) is 3.74. The van der Waals surface area contributed by atoms with Gasteiger partial charge in [0.25, 0.3) is 5.91 Å². The Hall–Kier alpha value is -3.02. The van der Waals surface area contributed by atoms with Gasteiger partial charge in [0, 0.05) is 49.0 Å². The van der Waals surface area contributed by atoms with Crippen molar-refractivity contribution in [2.75, 3.05) is 32.6 Å². The monoisotopic (exact) mass is 410 g/mol. The zero-order valence-electron chi connectivity index (χ0n) is 17.9. The quantitative estimate of drug-likeness (QED) is 0.740. The normalized spacial score (nSPS) is 14.3. The van der Waals surface area contributed by atoms with Crippen LogP contribution in [0.5, 0.6) is 11.5 Å². The van der Waals surface area contributed by atoms with Gasteiger partial charge in [-0.15, -0.1) is 0 Å². The van der Waals surface area contributed by atoms with Crippen LogP contribution in [-0.2, 0) is 4.79 Å². The van der Waals surface area contributed by atoms with Crippen LogP contribution in [0.1, 0.15) is 41.6 Å². The number of amides is 2. The molecule has 6 nitrogen and oxygen atoms in total. The molecule has 0 aliphatic carbocycles. The van der Waals surface area contributed by atoms with E-state index in [4.69, 9.17) is 9.47 Å². The lowest BCUT2D eigenvalue weighted by atomic mass is 9.91. The Morgan fingerprint density at radius 3 is 2.17 bits per heavy atom. The summed E-state index contributed by atoms with van der Waals surface area (Å²) in [6.45, 7) is 3.50. The highest BCUT2D eigenvalue weighted by Gasteiger charge is 2.24. The Kier molecular flexibility index (Phi) is 7.33. The second-order valence-corrected chi connectivity index (χ2v) is 7.79. The molecule has 0 radical (unpaired) electrons. The number of hydrogen-bond donors (Lipinski definition) is 1. The summed E-state index contributed by atoms with van der Waals surface area (Å²) in [6.07, 6.45) is 3.13. The average molecular weight is 411 g/mol. The van der Waals surface area contributed by atoms with Crippen molar-refractivity contribution in [2.24, 2.45) is 5.92 Å². The third-order valence-electron chi connectivity index (χ3n) is 5.62. The summed E-state index contributed by atoms with van der Waals surface area (Å²) < 4.78 is 10.5. The van der Waals surface area contributed by atoms with E-state index in [-0.39, 0.29) is 11.8 Å². The lowest BCUT2D eigenvalue weighted by Gasteiger charge is -2.32. The van der Waals surface area contributed by atoms with E-state index in [1.54, 1.807) is 32.4 Å². The molecular weight excluding hydrogens is 380 g/mol. The van der Waals surface area contributed by atoms with E-state index in [9.17, 15) is 9.59 Å². The van der Waals surface area contributed by atoms with E-state index in [0.29, 0.717) is 29.5 Å². The summed E-state index contributed by atoms with van der Waals surface area (Å²) in [5, 5.41) is 2.92. The van der Waals surface area contributed by atoms with Gasteiger partial charge < -0.3 is 19.7 Å². The molecule has 1 heterocycles. The van der Waals surface area contributed by atoms with Crippen LogP contribution in [0.15, 0.2) is 42.5 Å². The first-order valence-corrected chi connectivity index (χ1v) is 10.4. The Labute approximate surface area is 178 Å². The van der Waals surface area contributed by atoms with Crippen molar-refractivity contribution < 1.29 is 19.1 Å². The highest BCUT2D eigenvalue weighted by molar-refractivity contribution is 5.94. The van der Waals surface area contributed by atoms with Crippen LogP contribution in [0.4, 0.5) is 5.69 Å². The topological polar surface area (TPSA) is 67.9 Å². The van der Waals surface area contributed by atoms with Crippen LogP contribution >= 0.6 is 0 Å². The van der Waals surface area contributed by atoms with Crippen molar-refractivity contribution in [3.8, 4) is 11.5 Å². The fourth-order valence-corrected chi connectivity index (χ4v) is 3.74. The van der Waals surface area contributed by atoms with Gasteiger partial charge in [-0.2, -0.15) is 0 Å². The largest absolute Gasteiger partial charge is 0.497 e. The van der Waals surface area contributed by atoms with Crippen LogP contribution in [0.25, 0.3) is 0 Å². The van der Waals surface area contributed by atoms with Crippen molar-refractivity contribution in [3.05, 3.63) is 53.6 Å². The minimum atomic E-state index is -0.0246. The molecule has 1 N–H and O–H groups in total. The molecule has 0 unspecified atom stereocenters. The first-order valence-electron chi connectivity index (χ1n) is 10.4. The molecule has 160 valence electrons. The van der Waals surface area contributed by atoms with E-state index >= 15 is 0 Å². The second-order valence-electron chi connectivity index (χ2n) is 7.79. The van der Waals surface area contributed by atoms with E-state index in [0.717, 1.165) is 43.5 Å². The SMILES string of the molecule is COc1cc(NC(=O)CCC2CCN(C(=O)c3ccc(C)cc3)CC2)cc(OC)c1. The molecule has 2 aromatic rings. The number of aryl methyl sites for hydroxylation is 1. The van der Waals surface area contributed by atoms with Crippen molar-refractivity contribution in [1.29, 1.82) is 0 Å². The summed E-state index contributed by atoms with van der Waals surface area (Å²) in [5.74, 6) is 1.80. The van der Waals surface area contributed by atoms with Gasteiger partial charge in [0.1, 0.15) is 11.5 Å². The van der Waals surface area contributed by atoms with Crippen molar-refractivity contribution >= 4 is 17.5 Å². The van der Waals surface area contributed by atoms with Gasteiger partial charge in [-0.3, -0.25) is 9.59 Å². The maximum atomic E-state index is 12.6. The number of carbonyl (C=O) groups is 2. The zero-order valence-corrected chi connectivity index (χ0v) is 17.9. The molecule has 6 heteroatoms. The molecule has 0 saturated carbocycles. The van der Waals surface area contributed by atoms with Crippen molar-refractivity contribution in [1.82, 2.24) is 4.90 Å². The van der Waals surface area contributed by atoms with Crippen LogP contribution in [0.3, 0.4) is 0 Å². The maximum Gasteiger partial charge on any atom is 0.253 e. The van der Waals surface area contributed by atoms with Crippen LogP contribution in [0, 0.1) is 12.8 Å². The molecule has 2 aromatic carbocycles. The van der Waals surface area contributed by atoms with Crippen LogP contribution in [-0.4, -0.2) is 44.0 Å². The summed E-state index contributed by atoms with van der Waals surface area (Å²) in [5.41, 5.74) is 2.55. The lowest BCUT2D eigenvalue weighted by Crippen LogP contribution is -2.38. The number of nitrogens with zero attached hydrogens (tertiary/aromatic N) is 1. The highest BCUT2D eigenvalue weighted by Crippen LogP contribution is 2.27. The number of benzene rings is 2. The number of likely N-dealkylation sites (tertiary alicyclic amines) is 1. The van der Waals surface area contributed by atoms with E-state index in [1.807, 2.05) is 36.1 Å². The van der Waals surface area contributed by atoms with Crippen molar-refractivity contribution in [2.45, 2.75) is 32.6 Å². The molecule has 30 heavy (non-hydrogen) atoms. The number of hydrogen-bond acceptors (Lipinski definition) is 4. The maximum absolute atomic E-state index is 12.6. The molecule has 1 fully saturated rings. The van der Waals surface area contributed by atoms with Gasteiger partial charge in [0.05, 0.1) is 14.2 Å². The number of methoxy groups -OCH3 is 2. The first kappa shape index (κ1) is 21.7. The Morgan fingerprint density at radius 2 is 1.60 bits per heavy atom. The third-order valence-corrected chi connectivity index (χ3v) is 5.62. The number of rotatable bonds is 7. The van der Waals surface area contributed by atoms with Crippen molar-refractivity contribution in [3.63, 3.8) is 0 Å². The lowest BCUT2D eigenvalue weighted by molar-refractivity contribution is -0.116. The van der Waals surface area contributed by atoms with Gasteiger partial charge in [0.2, 0.25) is 5.91 Å². The second kappa shape index (κ2) is 10.1. The van der Waals surface area contributed by atoms with E-state index in [2.05, 4.69) is 5.32 Å². The summed E-state index contributed by atoms with van der Waals surface area (Å²) in [7, 11) is 3.16. The Balaban J connectivity index is 1.45. The minimum absolute atomic E-state index is 0.0246. The van der Waals surface area contributed by atoms with Crippen LogP contribution < -0.4 is 14.8 Å². The predicted molar refractivity (Wildman–Crippen MR) is 117 cm³/mol. The predicted octanol–water partition coefficient (Wildman–Crippen LogP) is 4.28. The third kappa shape index (κ3) is 5.75. The molecule has 0 bridgehead atoms. The summed E-state index contributed by atoms with van der Waals surface area (Å²) >= 11 is 0. The Morgan fingerprint density at radius 1 is 1.00 bits per heavy atom. The molecule has 0 spiro atoms. The van der Waals surface area contributed by atoms with Gasteiger partial charge in [-0.1, -0.05) is 17.7 Å². The molecule has 0 atom stereocenters. The highest BCUT2D eigenvalue weighted by atomic mass is 16.5. The first-order chi connectivity index (χ1) is 14.5. The van der Waals surface area contributed by atoms with Crippen LogP contribution in [0.2, 0.25) is 0 Å². The number of carbonyl (C=O) groups excluding carboxylic acids is 2. The smallest absolute Gasteiger partial charge is 0.253 e. The van der Waals surface area contributed by atoms with Gasteiger partial charge >= 0.3 is 0 Å². The molecule has 1 saturated heterocycles. The molecule has 1 aliphatic rings. The number of piperidine rings is 1. The molecule has 0 aromatic heterocycles.